The van der Waals surface area contributed by atoms with Crippen molar-refractivity contribution in [1.82, 2.24) is 0 Å². The van der Waals surface area contributed by atoms with Crippen molar-refractivity contribution in [2.75, 3.05) is 0 Å². The molecule has 0 aromatic heterocycles. The van der Waals surface area contributed by atoms with Crippen LogP contribution in [0.15, 0.2) is 0 Å². The van der Waals surface area contributed by atoms with Crippen LogP contribution in [0.1, 0.15) is 0 Å². The van der Waals surface area contributed by atoms with E-state index in [4.69, 9.17) is 0 Å². The second-order valence-electron chi connectivity index (χ2n) is 0. The normalized spacial score (nSPS) is 0. The van der Waals surface area contributed by atoms with E-state index in [0.29, 0.717) is 0 Å². The van der Waals surface area contributed by atoms with Crippen LogP contribution >= 0.6 is 0 Å². The van der Waals surface area contributed by atoms with Gasteiger partial charge in [0.15, 0.2) is 0 Å². The van der Waals surface area contributed by atoms with Crippen LogP contribution < -0.4 is 0 Å². The smallest absolute Gasteiger partial charge is 0.412 e. The molecular weight excluding hydrogens is 147 g/mol. The summed E-state index contributed by atoms with van der Waals surface area (Å²) >= 11 is 0. The predicted octanol–water partition coefficient (Wildman–Crippen LogP) is -0.751. The van der Waals surface area contributed by atoms with Crippen LogP contribution in [-0.2, 0) is 26.2 Å². The van der Waals surface area contributed by atoms with Crippen LogP contribution in [-0.4, -0.2) is 11.0 Å². The number of hydrogen-bond acceptors (Lipinski definition) is 0. The summed E-state index contributed by atoms with van der Waals surface area (Å²) in [5.41, 5.74) is 0. The molecule has 0 radical (unpaired) electrons. The van der Waals surface area contributed by atoms with Crippen molar-refractivity contribution in [2.45, 2.75) is 0 Å². The zero-order valence-corrected chi connectivity index (χ0v) is 5.96. The fourth-order valence-electron chi connectivity index (χ4n) is 0. The van der Waals surface area contributed by atoms with E-state index in [2.05, 4.69) is 0 Å². The summed E-state index contributed by atoms with van der Waals surface area (Å²) in [4.78, 5) is 0. The molecule has 4 N–H and O–H groups in total. The largest absolute Gasteiger partial charge is 2.00 e. The molecule has 5 heavy (non-hydrogen) atoms. The van der Waals surface area contributed by atoms with Gasteiger partial charge in [-0.1, -0.05) is 0 Å². The van der Waals surface area contributed by atoms with E-state index >= 15 is 0 Å². The van der Waals surface area contributed by atoms with E-state index in [0.717, 1.165) is 0 Å². The summed E-state index contributed by atoms with van der Waals surface area (Å²) < 4.78 is 0. The van der Waals surface area contributed by atoms with Gasteiger partial charge in [-0.3, -0.25) is 0 Å². The first kappa shape index (κ1) is 208. The van der Waals surface area contributed by atoms with Gasteiger partial charge in [-0.2, -0.15) is 0 Å². The molecule has 0 aromatic carbocycles. The minimum absolute atomic E-state index is 0. The molecule has 0 aliphatic rings. The minimum Gasteiger partial charge on any atom is -0.412 e. The molecule has 0 rings (SSSR count). The van der Waals surface area contributed by atoms with Crippen LogP contribution in [0.5, 0.6) is 0 Å². The third-order valence-corrected chi connectivity index (χ3v) is 0. The molecule has 2 nitrogen and oxygen atoms in total. The molecule has 0 aliphatic carbocycles. The molecule has 3 heteroatoms. The summed E-state index contributed by atoms with van der Waals surface area (Å²) in [7, 11) is 0. The topological polar surface area (TPSA) is 63.0 Å². The van der Waals surface area contributed by atoms with Crippen molar-refractivity contribution in [2.24, 2.45) is 0 Å². The van der Waals surface area contributed by atoms with E-state index < -0.39 is 0 Å². The molecule has 0 spiro atoms. The monoisotopic (exact) mass is 156 g/mol. The molecule has 0 heterocycles. The van der Waals surface area contributed by atoms with E-state index in [1.54, 1.807) is 0 Å². The maximum atomic E-state index is 0. The first-order valence-electron chi connectivity index (χ1n) is 0. The number of hydrogen-bond donors (Lipinski definition) is 0. The number of rotatable bonds is 0. The third kappa shape index (κ3) is 58.5. The van der Waals surface area contributed by atoms with Crippen molar-refractivity contribution in [1.29, 1.82) is 0 Å². The Kier molecular flexibility index (Phi) is 4470. The Balaban J connectivity index is 0. The van der Waals surface area contributed by atoms with Crippen molar-refractivity contribution >= 4 is 0 Å². The average molecular weight is 157 g/mol. The van der Waals surface area contributed by atoms with Crippen LogP contribution in [0, 0.1) is 14.9 Å². The van der Waals surface area contributed by atoms with Gasteiger partial charge in [-0.25, -0.2) is 0 Å². The zero-order chi connectivity index (χ0) is 0. The maximum absolute atomic E-state index is 0. The van der Waals surface area contributed by atoms with Crippen LogP contribution in [0.3, 0.4) is 0 Å². The Morgan fingerprint density at radius 1 is 0.600 bits per heavy atom. The van der Waals surface area contributed by atoms with Gasteiger partial charge in [0.2, 0.25) is 0 Å². The standard InChI is InChI=1S/2CH3.2H2O.Zr/h2*1H3;2*1H2;/q2*-1;;;+2. The van der Waals surface area contributed by atoms with Gasteiger partial charge in [0.1, 0.15) is 0 Å². The average Bonchev–Trinajstić information content (AvgIpc) is 0. The molecule has 0 atom stereocenters. The van der Waals surface area contributed by atoms with Gasteiger partial charge >= 0.3 is 26.2 Å². The first-order valence-corrected chi connectivity index (χ1v) is 0. The Morgan fingerprint density at radius 3 is 0.600 bits per heavy atom. The van der Waals surface area contributed by atoms with Crippen LogP contribution in [0.25, 0.3) is 0 Å². The van der Waals surface area contributed by atoms with E-state index in [-0.39, 0.29) is 52.0 Å². The summed E-state index contributed by atoms with van der Waals surface area (Å²) in [5.74, 6) is 0. The molecule has 0 saturated carbocycles. The molecule has 0 bridgehead atoms. The van der Waals surface area contributed by atoms with E-state index in [1.807, 2.05) is 0 Å². The van der Waals surface area contributed by atoms with Crippen LogP contribution in [0.2, 0.25) is 0 Å². The second-order valence-corrected chi connectivity index (χ2v) is 0. The summed E-state index contributed by atoms with van der Waals surface area (Å²) in [5, 5.41) is 0. The van der Waals surface area contributed by atoms with Crippen molar-refractivity contribution in [3.8, 4) is 0 Å². The molecule has 34 valence electrons. The molecule has 0 amide bonds. The Labute approximate surface area is 52.3 Å². The zero-order valence-electron chi connectivity index (χ0n) is 3.50. The van der Waals surface area contributed by atoms with E-state index in [9.17, 15) is 0 Å². The van der Waals surface area contributed by atoms with Gasteiger partial charge in [0, 0.05) is 0 Å². The predicted molar refractivity (Wildman–Crippen MR) is 20.1 cm³/mol. The summed E-state index contributed by atoms with van der Waals surface area (Å²) in [6, 6.07) is 0. The third-order valence-electron chi connectivity index (χ3n) is 0. The molecule has 0 aromatic rings. The van der Waals surface area contributed by atoms with Gasteiger partial charge in [-0.05, 0) is 0 Å². The van der Waals surface area contributed by atoms with Gasteiger partial charge in [-0.15, -0.1) is 0 Å². The first-order chi connectivity index (χ1) is 0. The fraction of sp³-hybridized carbons (Fsp3) is 0. The molecule has 0 unspecified atom stereocenters. The Bertz CT molecular complexity index is 7.61. The fourth-order valence-corrected chi connectivity index (χ4v) is 0. The SMILES string of the molecule is O.O.[CH3-].[CH3-].[Zr+2]. The minimum atomic E-state index is 0. The van der Waals surface area contributed by atoms with Gasteiger partial charge in [0.05, 0.1) is 0 Å². The van der Waals surface area contributed by atoms with Crippen molar-refractivity contribution in [3.63, 3.8) is 0 Å². The maximum Gasteiger partial charge on any atom is 2.00 e. The van der Waals surface area contributed by atoms with Crippen LogP contribution in [0.4, 0.5) is 0 Å². The second kappa shape index (κ2) is 108. The van der Waals surface area contributed by atoms with Gasteiger partial charge < -0.3 is 25.8 Å². The molecule has 0 aliphatic heterocycles. The molecular formula is C2H10O2Zr. The van der Waals surface area contributed by atoms with Crippen molar-refractivity contribution in [3.05, 3.63) is 14.9 Å². The summed E-state index contributed by atoms with van der Waals surface area (Å²) in [6.07, 6.45) is 0. The summed E-state index contributed by atoms with van der Waals surface area (Å²) in [6.45, 7) is 0. The quantitative estimate of drug-likeness (QED) is 0.415. The molecule has 0 fully saturated rings. The van der Waals surface area contributed by atoms with Crippen molar-refractivity contribution < 1.29 is 37.2 Å². The Hall–Kier alpha value is 0.803. The molecule has 0 saturated heterocycles. The van der Waals surface area contributed by atoms with Gasteiger partial charge in [0.25, 0.3) is 0 Å². The Morgan fingerprint density at radius 2 is 0.600 bits per heavy atom. The van der Waals surface area contributed by atoms with E-state index in [1.165, 1.54) is 0 Å².